The second-order valence-corrected chi connectivity index (χ2v) is 3.96. The SMILES string of the molecule is O=C(NCC1CCOC1)c1ccccc1O. The highest BCUT2D eigenvalue weighted by molar-refractivity contribution is 5.96. The molecule has 86 valence electrons. The maximum absolute atomic E-state index is 11.7. The van der Waals surface area contributed by atoms with Crippen molar-refractivity contribution in [1.29, 1.82) is 0 Å². The van der Waals surface area contributed by atoms with Crippen LogP contribution in [0.25, 0.3) is 0 Å². The van der Waals surface area contributed by atoms with Crippen molar-refractivity contribution in [3.8, 4) is 5.75 Å². The van der Waals surface area contributed by atoms with Crippen LogP contribution < -0.4 is 5.32 Å². The summed E-state index contributed by atoms with van der Waals surface area (Å²) in [5.41, 5.74) is 0.321. The van der Waals surface area contributed by atoms with E-state index in [1.54, 1.807) is 18.2 Å². The fourth-order valence-corrected chi connectivity index (χ4v) is 1.74. The van der Waals surface area contributed by atoms with Crippen LogP contribution in [0.15, 0.2) is 24.3 Å². The van der Waals surface area contributed by atoms with E-state index in [0.29, 0.717) is 24.6 Å². The molecule has 0 spiro atoms. The Kier molecular flexibility index (Phi) is 3.41. The Balaban J connectivity index is 1.90. The number of phenols is 1. The number of hydrogen-bond donors (Lipinski definition) is 2. The molecule has 4 nitrogen and oxygen atoms in total. The van der Waals surface area contributed by atoms with E-state index >= 15 is 0 Å². The maximum atomic E-state index is 11.7. The van der Waals surface area contributed by atoms with Crippen LogP contribution in [0.3, 0.4) is 0 Å². The van der Waals surface area contributed by atoms with Crippen LogP contribution in [0, 0.1) is 5.92 Å². The molecule has 1 aliphatic heterocycles. The number of nitrogens with one attached hydrogen (secondary N) is 1. The Bertz CT molecular complexity index is 372. The molecule has 1 aromatic carbocycles. The third-order valence-corrected chi connectivity index (χ3v) is 2.72. The van der Waals surface area contributed by atoms with Crippen LogP contribution in [0.4, 0.5) is 0 Å². The van der Waals surface area contributed by atoms with Crippen LogP contribution in [0.5, 0.6) is 5.75 Å². The molecule has 16 heavy (non-hydrogen) atoms. The summed E-state index contributed by atoms with van der Waals surface area (Å²) in [5, 5.41) is 12.3. The number of phenolic OH excluding ortho intramolecular Hbond substituents is 1. The Labute approximate surface area is 94.2 Å². The molecule has 1 aromatic rings. The van der Waals surface area contributed by atoms with Crippen LogP contribution in [-0.2, 0) is 4.74 Å². The van der Waals surface area contributed by atoms with Gasteiger partial charge in [-0.3, -0.25) is 4.79 Å². The Morgan fingerprint density at radius 1 is 1.50 bits per heavy atom. The largest absolute Gasteiger partial charge is 0.507 e. The number of carbonyl (C=O) groups excluding carboxylic acids is 1. The molecule has 0 bridgehead atoms. The number of aromatic hydroxyl groups is 1. The molecule has 0 saturated carbocycles. The Hall–Kier alpha value is -1.55. The summed E-state index contributed by atoms with van der Waals surface area (Å²) in [6, 6.07) is 6.54. The average Bonchev–Trinajstić information content (AvgIpc) is 2.79. The van der Waals surface area contributed by atoms with Gasteiger partial charge in [0.25, 0.3) is 5.91 Å². The lowest BCUT2D eigenvalue weighted by molar-refractivity contribution is 0.0942. The highest BCUT2D eigenvalue weighted by Gasteiger charge is 2.17. The molecule has 0 aromatic heterocycles. The van der Waals surface area contributed by atoms with E-state index in [9.17, 15) is 9.90 Å². The minimum absolute atomic E-state index is 0.0164. The molecule has 4 heteroatoms. The lowest BCUT2D eigenvalue weighted by atomic mass is 10.1. The lowest BCUT2D eigenvalue weighted by Gasteiger charge is -2.10. The maximum Gasteiger partial charge on any atom is 0.255 e. The smallest absolute Gasteiger partial charge is 0.255 e. The van der Waals surface area contributed by atoms with Gasteiger partial charge >= 0.3 is 0 Å². The van der Waals surface area contributed by atoms with Gasteiger partial charge in [-0.05, 0) is 18.6 Å². The second kappa shape index (κ2) is 4.99. The van der Waals surface area contributed by atoms with Gasteiger partial charge in [0.1, 0.15) is 5.75 Å². The van der Waals surface area contributed by atoms with Gasteiger partial charge in [-0.1, -0.05) is 12.1 Å². The molecule has 1 heterocycles. The molecule has 1 fully saturated rings. The number of amides is 1. The first-order valence-electron chi connectivity index (χ1n) is 5.41. The summed E-state index contributed by atoms with van der Waals surface area (Å²) < 4.78 is 5.22. The zero-order chi connectivity index (χ0) is 11.4. The highest BCUT2D eigenvalue weighted by Crippen LogP contribution is 2.16. The molecular weight excluding hydrogens is 206 g/mol. The highest BCUT2D eigenvalue weighted by atomic mass is 16.5. The van der Waals surface area contributed by atoms with Gasteiger partial charge in [0, 0.05) is 19.1 Å². The topological polar surface area (TPSA) is 58.6 Å². The summed E-state index contributed by atoms with van der Waals surface area (Å²) in [6.07, 6.45) is 0.987. The van der Waals surface area contributed by atoms with Gasteiger partial charge in [0.2, 0.25) is 0 Å². The molecule has 1 aliphatic rings. The van der Waals surface area contributed by atoms with Gasteiger partial charge in [-0.25, -0.2) is 0 Å². The quantitative estimate of drug-likeness (QED) is 0.805. The zero-order valence-electron chi connectivity index (χ0n) is 8.98. The van der Waals surface area contributed by atoms with E-state index in [1.165, 1.54) is 6.07 Å². The van der Waals surface area contributed by atoms with Gasteiger partial charge in [0.15, 0.2) is 0 Å². The normalized spacial score (nSPS) is 19.6. The fourth-order valence-electron chi connectivity index (χ4n) is 1.74. The number of hydrogen-bond acceptors (Lipinski definition) is 3. The van der Waals surface area contributed by atoms with Crippen molar-refractivity contribution < 1.29 is 14.6 Å². The first-order valence-corrected chi connectivity index (χ1v) is 5.41. The van der Waals surface area contributed by atoms with Crippen molar-refractivity contribution in [1.82, 2.24) is 5.32 Å². The molecule has 1 amide bonds. The van der Waals surface area contributed by atoms with E-state index in [1.807, 2.05) is 0 Å². The second-order valence-electron chi connectivity index (χ2n) is 3.96. The zero-order valence-corrected chi connectivity index (χ0v) is 8.98. The van der Waals surface area contributed by atoms with Crippen molar-refractivity contribution in [2.24, 2.45) is 5.92 Å². The molecule has 2 rings (SSSR count). The number of ether oxygens (including phenoxy) is 1. The van der Waals surface area contributed by atoms with E-state index in [4.69, 9.17) is 4.74 Å². The van der Waals surface area contributed by atoms with Crippen molar-refractivity contribution in [2.75, 3.05) is 19.8 Å². The fraction of sp³-hybridized carbons (Fsp3) is 0.417. The van der Waals surface area contributed by atoms with Crippen LogP contribution in [-0.4, -0.2) is 30.8 Å². The van der Waals surface area contributed by atoms with Crippen molar-refractivity contribution in [3.63, 3.8) is 0 Å². The third kappa shape index (κ3) is 2.52. The molecule has 2 N–H and O–H groups in total. The number of para-hydroxylation sites is 1. The summed E-state index contributed by atoms with van der Waals surface area (Å²) in [7, 11) is 0. The van der Waals surface area contributed by atoms with Gasteiger partial charge in [-0.15, -0.1) is 0 Å². The van der Waals surface area contributed by atoms with Gasteiger partial charge < -0.3 is 15.2 Å². The Morgan fingerprint density at radius 2 is 2.31 bits per heavy atom. The molecular formula is C12H15NO3. The van der Waals surface area contributed by atoms with E-state index in [-0.39, 0.29) is 11.7 Å². The summed E-state index contributed by atoms with van der Waals surface area (Å²) in [5.74, 6) is 0.183. The summed E-state index contributed by atoms with van der Waals surface area (Å²) in [4.78, 5) is 11.7. The lowest BCUT2D eigenvalue weighted by Crippen LogP contribution is -2.29. The monoisotopic (exact) mass is 221 g/mol. The van der Waals surface area contributed by atoms with E-state index in [2.05, 4.69) is 5.32 Å². The molecule has 1 atom stereocenters. The van der Waals surface area contributed by atoms with Crippen molar-refractivity contribution in [2.45, 2.75) is 6.42 Å². The van der Waals surface area contributed by atoms with Crippen LogP contribution in [0.2, 0.25) is 0 Å². The molecule has 1 saturated heterocycles. The number of benzene rings is 1. The molecule has 0 radical (unpaired) electrons. The van der Waals surface area contributed by atoms with E-state index < -0.39 is 0 Å². The van der Waals surface area contributed by atoms with Crippen LogP contribution >= 0.6 is 0 Å². The van der Waals surface area contributed by atoms with Crippen molar-refractivity contribution >= 4 is 5.91 Å². The van der Waals surface area contributed by atoms with Crippen LogP contribution in [0.1, 0.15) is 16.8 Å². The predicted molar refractivity (Wildman–Crippen MR) is 59.4 cm³/mol. The van der Waals surface area contributed by atoms with Gasteiger partial charge in [0.05, 0.1) is 12.2 Å². The molecule has 0 aliphatic carbocycles. The minimum Gasteiger partial charge on any atom is -0.507 e. The first kappa shape index (κ1) is 11.0. The summed E-state index contributed by atoms with van der Waals surface area (Å²) in [6.45, 7) is 2.09. The standard InChI is InChI=1S/C12H15NO3/c14-11-4-2-1-3-10(11)12(15)13-7-9-5-6-16-8-9/h1-4,9,14H,5-8H2,(H,13,15). The van der Waals surface area contributed by atoms with Gasteiger partial charge in [-0.2, -0.15) is 0 Å². The first-order chi connectivity index (χ1) is 7.77. The summed E-state index contributed by atoms with van der Waals surface area (Å²) >= 11 is 0. The third-order valence-electron chi connectivity index (χ3n) is 2.72. The van der Waals surface area contributed by atoms with Crippen molar-refractivity contribution in [3.05, 3.63) is 29.8 Å². The predicted octanol–water partition coefficient (Wildman–Crippen LogP) is 1.16. The average molecular weight is 221 g/mol. The minimum atomic E-state index is -0.231. The van der Waals surface area contributed by atoms with E-state index in [0.717, 1.165) is 13.0 Å². The molecule has 1 unspecified atom stereocenters. The number of carbonyl (C=O) groups is 1. The number of rotatable bonds is 3. The Morgan fingerprint density at radius 3 is 3.00 bits per heavy atom.